The summed E-state index contributed by atoms with van der Waals surface area (Å²) in [5.41, 5.74) is 1.14. The van der Waals surface area contributed by atoms with Crippen LogP contribution in [-0.2, 0) is 6.54 Å². The van der Waals surface area contributed by atoms with Gasteiger partial charge in [-0.2, -0.15) is 0 Å². The molecule has 0 saturated carbocycles. The van der Waals surface area contributed by atoms with Crippen LogP contribution in [0, 0.1) is 0 Å². The van der Waals surface area contributed by atoms with E-state index in [2.05, 4.69) is 15.6 Å². The monoisotopic (exact) mass is 263 g/mol. The van der Waals surface area contributed by atoms with Crippen molar-refractivity contribution in [2.24, 2.45) is 4.99 Å². The summed E-state index contributed by atoms with van der Waals surface area (Å²) in [6.45, 7) is 5.18. The minimum absolute atomic E-state index is 0.626. The predicted molar refractivity (Wildman–Crippen MR) is 75.9 cm³/mol. The molecule has 1 heterocycles. The van der Waals surface area contributed by atoms with Crippen molar-refractivity contribution in [3.63, 3.8) is 0 Å². The van der Waals surface area contributed by atoms with E-state index in [1.54, 1.807) is 7.11 Å². The Morgan fingerprint density at radius 3 is 2.95 bits per heavy atom. The van der Waals surface area contributed by atoms with Crippen LogP contribution in [0.4, 0.5) is 0 Å². The van der Waals surface area contributed by atoms with Gasteiger partial charge in [0.05, 0.1) is 13.7 Å². The van der Waals surface area contributed by atoms with Crippen LogP contribution in [0.5, 0.6) is 11.5 Å². The molecule has 1 aliphatic heterocycles. The van der Waals surface area contributed by atoms with E-state index in [1.807, 2.05) is 25.1 Å². The van der Waals surface area contributed by atoms with E-state index < -0.39 is 0 Å². The van der Waals surface area contributed by atoms with Crippen molar-refractivity contribution in [1.29, 1.82) is 0 Å². The average molecular weight is 263 g/mol. The van der Waals surface area contributed by atoms with Crippen molar-refractivity contribution in [1.82, 2.24) is 10.6 Å². The molecule has 0 aromatic heterocycles. The van der Waals surface area contributed by atoms with Crippen LogP contribution < -0.4 is 20.1 Å². The molecular weight excluding hydrogens is 242 g/mol. The van der Waals surface area contributed by atoms with Crippen molar-refractivity contribution in [2.45, 2.75) is 19.9 Å². The molecule has 5 heteroatoms. The zero-order valence-corrected chi connectivity index (χ0v) is 11.5. The number of hydrogen-bond acceptors (Lipinski definition) is 5. The molecule has 1 aromatic carbocycles. The van der Waals surface area contributed by atoms with Crippen LogP contribution in [0.1, 0.15) is 18.9 Å². The number of nitrogens with zero attached hydrogens (tertiary/aromatic N) is 1. The summed E-state index contributed by atoms with van der Waals surface area (Å²) < 4.78 is 10.8. The molecular formula is C14H21N3O2. The number of ether oxygens (including phenoxy) is 2. The molecule has 0 unspecified atom stereocenters. The van der Waals surface area contributed by atoms with Gasteiger partial charge in [0.15, 0.2) is 17.5 Å². The second-order valence-corrected chi connectivity index (χ2v) is 4.28. The van der Waals surface area contributed by atoms with E-state index in [0.29, 0.717) is 6.61 Å². The van der Waals surface area contributed by atoms with E-state index in [0.717, 1.165) is 49.1 Å². The molecule has 0 amide bonds. The van der Waals surface area contributed by atoms with Gasteiger partial charge in [-0.3, -0.25) is 4.99 Å². The molecule has 1 aliphatic rings. The topological polar surface area (TPSA) is 54.9 Å². The number of hydrogen-bond donors (Lipinski definition) is 2. The second-order valence-electron chi connectivity index (χ2n) is 4.28. The van der Waals surface area contributed by atoms with Gasteiger partial charge in [0, 0.05) is 19.6 Å². The maximum Gasteiger partial charge on any atom is 0.191 e. The van der Waals surface area contributed by atoms with Gasteiger partial charge in [-0.05, 0) is 31.0 Å². The Labute approximate surface area is 114 Å². The smallest absolute Gasteiger partial charge is 0.191 e. The lowest BCUT2D eigenvalue weighted by Gasteiger charge is -2.16. The van der Waals surface area contributed by atoms with Gasteiger partial charge in [-0.1, -0.05) is 6.07 Å². The van der Waals surface area contributed by atoms with Crippen LogP contribution in [0.2, 0.25) is 0 Å². The third kappa shape index (κ3) is 3.77. The lowest BCUT2D eigenvalue weighted by atomic mass is 10.2. The Hall–Kier alpha value is -1.91. The van der Waals surface area contributed by atoms with E-state index in [4.69, 9.17) is 9.47 Å². The highest BCUT2D eigenvalue weighted by Gasteiger charge is 2.07. The fraction of sp³-hybridized carbons (Fsp3) is 0.500. The second kappa shape index (κ2) is 6.87. The summed E-state index contributed by atoms with van der Waals surface area (Å²) in [4.78, 5) is 4.38. The first-order valence-corrected chi connectivity index (χ1v) is 6.65. The molecule has 0 aliphatic carbocycles. The molecule has 19 heavy (non-hydrogen) atoms. The molecule has 1 aromatic rings. The van der Waals surface area contributed by atoms with E-state index in [9.17, 15) is 0 Å². The third-order valence-electron chi connectivity index (χ3n) is 2.89. The Morgan fingerprint density at radius 1 is 1.37 bits per heavy atom. The van der Waals surface area contributed by atoms with Gasteiger partial charge in [0.25, 0.3) is 0 Å². The molecule has 2 rings (SSSR count). The fourth-order valence-electron chi connectivity index (χ4n) is 1.94. The molecule has 0 fully saturated rings. The van der Waals surface area contributed by atoms with Gasteiger partial charge in [-0.15, -0.1) is 0 Å². The van der Waals surface area contributed by atoms with Crippen LogP contribution in [0.3, 0.4) is 0 Å². The average Bonchev–Trinajstić information content (AvgIpc) is 2.47. The van der Waals surface area contributed by atoms with Crippen molar-refractivity contribution in [3.05, 3.63) is 23.8 Å². The molecule has 5 nitrogen and oxygen atoms in total. The highest BCUT2D eigenvalue weighted by Crippen LogP contribution is 2.27. The maximum absolute atomic E-state index is 5.56. The quantitative estimate of drug-likeness (QED) is 0.846. The van der Waals surface area contributed by atoms with Gasteiger partial charge in [-0.25, -0.2) is 0 Å². The van der Waals surface area contributed by atoms with Gasteiger partial charge < -0.3 is 20.1 Å². The van der Waals surface area contributed by atoms with E-state index in [-0.39, 0.29) is 0 Å². The van der Waals surface area contributed by atoms with Crippen molar-refractivity contribution >= 4 is 5.96 Å². The summed E-state index contributed by atoms with van der Waals surface area (Å²) in [5.74, 6) is 2.42. The minimum Gasteiger partial charge on any atom is -0.493 e. The summed E-state index contributed by atoms with van der Waals surface area (Å²) in [6.07, 6.45) is 1.10. The van der Waals surface area contributed by atoms with E-state index in [1.165, 1.54) is 0 Å². The van der Waals surface area contributed by atoms with Crippen LogP contribution in [0.15, 0.2) is 23.2 Å². The van der Waals surface area contributed by atoms with Crippen LogP contribution in [0.25, 0.3) is 0 Å². The van der Waals surface area contributed by atoms with Gasteiger partial charge in [0.1, 0.15) is 0 Å². The fourth-order valence-corrected chi connectivity index (χ4v) is 1.94. The minimum atomic E-state index is 0.626. The maximum atomic E-state index is 5.56. The number of methoxy groups -OCH3 is 1. The first-order valence-electron chi connectivity index (χ1n) is 6.65. The first-order chi connectivity index (χ1) is 9.33. The van der Waals surface area contributed by atoms with Crippen LogP contribution >= 0.6 is 0 Å². The van der Waals surface area contributed by atoms with Crippen molar-refractivity contribution in [2.75, 3.05) is 26.8 Å². The molecule has 0 atom stereocenters. The molecule has 0 radical (unpaired) electrons. The molecule has 0 saturated heterocycles. The van der Waals surface area contributed by atoms with Gasteiger partial charge >= 0.3 is 0 Å². The standard InChI is InChI=1S/C14H21N3O2/c1-3-19-13-9-11(5-6-12(13)18-2)10-17-14-15-7-4-8-16-14/h5-6,9H,3-4,7-8,10H2,1-2H3,(H2,15,16,17). The summed E-state index contributed by atoms with van der Waals surface area (Å²) >= 11 is 0. The Morgan fingerprint density at radius 2 is 2.26 bits per heavy atom. The predicted octanol–water partition coefficient (Wildman–Crippen LogP) is 1.53. The highest BCUT2D eigenvalue weighted by atomic mass is 16.5. The summed E-state index contributed by atoms with van der Waals surface area (Å²) in [5, 5.41) is 6.52. The lowest BCUT2D eigenvalue weighted by Crippen LogP contribution is -2.40. The normalized spacial score (nSPS) is 14.3. The largest absolute Gasteiger partial charge is 0.493 e. The molecule has 0 bridgehead atoms. The SMILES string of the molecule is CCOc1cc(CNC2=NCCCN2)ccc1OC. The lowest BCUT2D eigenvalue weighted by molar-refractivity contribution is 0.310. The zero-order valence-electron chi connectivity index (χ0n) is 11.5. The number of benzene rings is 1. The van der Waals surface area contributed by atoms with Crippen molar-refractivity contribution < 1.29 is 9.47 Å². The number of rotatable bonds is 5. The number of guanidine groups is 1. The number of nitrogens with one attached hydrogen (secondary N) is 2. The highest BCUT2D eigenvalue weighted by molar-refractivity contribution is 5.80. The molecule has 2 N–H and O–H groups in total. The summed E-state index contributed by atoms with van der Waals surface area (Å²) in [6, 6.07) is 5.95. The van der Waals surface area contributed by atoms with E-state index >= 15 is 0 Å². The van der Waals surface area contributed by atoms with Crippen molar-refractivity contribution in [3.8, 4) is 11.5 Å². The third-order valence-corrected chi connectivity index (χ3v) is 2.89. The Bertz CT molecular complexity index is 446. The first kappa shape index (κ1) is 13.5. The molecule has 104 valence electrons. The van der Waals surface area contributed by atoms with Crippen LogP contribution in [-0.4, -0.2) is 32.8 Å². The number of aliphatic imine (C=N–C) groups is 1. The Balaban J connectivity index is 1.99. The molecule has 0 spiro atoms. The van der Waals surface area contributed by atoms with Gasteiger partial charge in [0.2, 0.25) is 0 Å². The Kier molecular flexibility index (Phi) is 4.89. The summed E-state index contributed by atoms with van der Waals surface area (Å²) in [7, 11) is 1.65. The zero-order chi connectivity index (χ0) is 13.5.